The van der Waals surface area contributed by atoms with Crippen molar-refractivity contribution in [1.29, 1.82) is 0 Å². The second-order valence-electron chi connectivity index (χ2n) is 5.83. The molecule has 0 bridgehead atoms. The number of hydrogen-bond donors (Lipinski definition) is 1. The number of tetrazole rings is 1. The van der Waals surface area contributed by atoms with E-state index in [1.807, 2.05) is 39.0 Å². The van der Waals surface area contributed by atoms with E-state index in [0.717, 1.165) is 11.1 Å². The minimum Gasteiger partial charge on any atom is -0.345 e. The van der Waals surface area contributed by atoms with Crippen LogP contribution < -0.4 is 5.32 Å². The Morgan fingerprint density at radius 1 is 1.17 bits per heavy atom. The van der Waals surface area contributed by atoms with Crippen molar-refractivity contribution in [2.75, 3.05) is 0 Å². The summed E-state index contributed by atoms with van der Waals surface area (Å²) in [5, 5.41) is 14.2. The van der Waals surface area contributed by atoms with Crippen LogP contribution in [0.5, 0.6) is 0 Å². The Balaban J connectivity index is 1.87. The summed E-state index contributed by atoms with van der Waals surface area (Å²) >= 11 is 0. The van der Waals surface area contributed by atoms with Crippen molar-refractivity contribution in [1.82, 2.24) is 25.5 Å². The molecular formula is C18H19N5O. The highest BCUT2D eigenvalue weighted by molar-refractivity contribution is 5.97. The van der Waals surface area contributed by atoms with Crippen molar-refractivity contribution >= 4 is 5.91 Å². The summed E-state index contributed by atoms with van der Waals surface area (Å²) in [5.41, 5.74) is 4.62. The quantitative estimate of drug-likeness (QED) is 0.802. The average molecular weight is 321 g/mol. The summed E-state index contributed by atoms with van der Waals surface area (Å²) in [6.07, 6.45) is 1.47. The number of hydrogen-bond acceptors (Lipinski definition) is 4. The molecule has 0 aliphatic carbocycles. The molecule has 0 saturated heterocycles. The van der Waals surface area contributed by atoms with Crippen LogP contribution in [0.25, 0.3) is 5.69 Å². The van der Waals surface area contributed by atoms with Crippen molar-refractivity contribution in [2.45, 2.75) is 26.8 Å². The SMILES string of the molecule is Cc1ccc(C)c(C(C)NC(=O)c2ccccc2-n2cnnn2)c1. The molecule has 1 amide bonds. The fourth-order valence-corrected chi connectivity index (χ4v) is 2.72. The highest BCUT2D eigenvalue weighted by Crippen LogP contribution is 2.20. The number of nitrogens with zero attached hydrogens (tertiary/aromatic N) is 4. The smallest absolute Gasteiger partial charge is 0.253 e. The van der Waals surface area contributed by atoms with Crippen LogP contribution in [0, 0.1) is 13.8 Å². The van der Waals surface area contributed by atoms with Crippen molar-refractivity contribution in [3.05, 3.63) is 71.0 Å². The molecular weight excluding hydrogens is 302 g/mol. The third-order valence-electron chi connectivity index (χ3n) is 3.99. The summed E-state index contributed by atoms with van der Waals surface area (Å²) in [6.45, 7) is 6.08. The Morgan fingerprint density at radius 3 is 2.71 bits per heavy atom. The van der Waals surface area contributed by atoms with E-state index in [4.69, 9.17) is 0 Å². The zero-order valence-electron chi connectivity index (χ0n) is 13.9. The van der Waals surface area contributed by atoms with E-state index in [-0.39, 0.29) is 11.9 Å². The Hall–Kier alpha value is -3.02. The van der Waals surface area contributed by atoms with Gasteiger partial charge in [0.15, 0.2) is 0 Å². The number of benzene rings is 2. The lowest BCUT2D eigenvalue weighted by Crippen LogP contribution is -2.28. The van der Waals surface area contributed by atoms with E-state index >= 15 is 0 Å². The number of aryl methyl sites for hydroxylation is 2. The van der Waals surface area contributed by atoms with Crippen LogP contribution in [0.2, 0.25) is 0 Å². The normalized spacial score (nSPS) is 12.0. The minimum atomic E-state index is -0.158. The van der Waals surface area contributed by atoms with Gasteiger partial charge in [-0.15, -0.1) is 5.10 Å². The van der Waals surface area contributed by atoms with E-state index < -0.39 is 0 Å². The molecule has 6 heteroatoms. The van der Waals surface area contributed by atoms with Crippen molar-refractivity contribution < 1.29 is 4.79 Å². The van der Waals surface area contributed by atoms with Gasteiger partial charge in [-0.05, 0) is 54.5 Å². The monoisotopic (exact) mass is 321 g/mol. The predicted molar refractivity (Wildman–Crippen MR) is 91.0 cm³/mol. The van der Waals surface area contributed by atoms with Gasteiger partial charge in [-0.1, -0.05) is 35.9 Å². The maximum atomic E-state index is 12.7. The fraction of sp³-hybridized carbons (Fsp3) is 0.222. The van der Waals surface area contributed by atoms with Gasteiger partial charge in [-0.25, -0.2) is 0 Å². The van der Waals surface area contributed by atoms with Crippen LogP contribution in [0.4, 0.5) is 0 Å². The number of para-hydroxylation sites is 1. The second kappa shape index (κ2) is 6.62. The third-order valence-corrected chi connectivity index (χ3v) is 3.99. The summed E-state index contributed by atoms with van der Waals surface area (Å²) in [6, 6.07) is 13.4. The Labute approximate surface area is 140 Å². The summed E-state index contributed by atoms with van der Waals surface area (Å²) in [4.78, 5) is 12.7. The molecule has 0 radical (unpaired) electrons. The number of aromatic nitrogens is 4. The van der Waals surface area contributed by atoms with E-state index in [1.54, 1.807) is 6.07 Å². The van der Waals surface area contributed by atoms with Gasteiger partial charge in [-0.3, -0.25) is 4.79 Å². The molecule has 1 unspecified atom stereocenters. The first-order valence-electron chi connectivity index (χ1n) is 7.76. The Morgan fingerprint density at radius 2 is 1.96 bits per heavy atom. The predicted octanol–water partition coefficient (Wildman–Crippen LogP) is 2.77. The van der Waals surface area contributed by atoms with Crippen molar-refractivity contribution in [2.24, 2.45) is 0 Å². The molecule has 2 aromatic carbocycles. The first-order chi connectivity index (χ1) is 11.6. The zero-order valence-corrected chi connectivity index (χ0v) is 13.9. The van der Waals surface area contributed by atoms with Gasteiger partial charge in [0.2, 0.25) is 0 Å². The first kappa shape index (κ1) is 15.9. The number of nitrogens with one attached hydrogen (secondary N) is 1. The number of rotatable bonds is 4. The standard InChI is InChI=1S/C18H19N5O/c1-12-8-9-13(2)16(10-12)14(3)20-18(24)15-6-4-5-7-17(15)23-11-19-21-22-23/h4-11,14H,1-3H3,(H,20,24). The number of carbonyl (C=O) groups excluding carboxylic acids is 1. The first-order valence-corrected chi connectivity index (χ1v) is 7.76. The molecule has 24 heavy (non-hydrogen) atoms. The maximum Gasteiger partial charge on any atom is 0.253 e. The molecule has 0 aliphatic rings. The lowest BCUT2D eigenvalue weighted by Gasteiger charge is -2.18. The molecule has 0 fully saturated rings. The summed E-state index contributed by atoms with van der Waals surface area (Å²) in [7, 11) is 0. The van der Waals surface area contributed by atoms with E-state index in [2.05, 4.69) is 39.0 Å². The molecule has 1 aromatic heterocycles. The average Bonchev–Trinajstić information content (AvgIpc) is 3.11. The summed E-state index contributed by atoms with van der Waals surface area (Å²) in [5.74, 6) is -0.158. The largest absolute Gasteiger partial charge is 0.345 e. The van der Waals surface area contributed by atoms with Crippen LogP contribution in [-0.4, -0.2) is 26.1 Å². The van der Waals surface area contributed by atoms with Gasteiger partial charge in [0, 0.05) is 0 Å². The molecule has 122 valence electrons. The van der Waals surface area contributed by atoms with E-state index in [0.29, 0.717) is 11.3 Å². The molecule has 0 saturated carbocycles. The second-order valence-corrected chi connectivity index (χ2v) is 5.83. The molecule has 3 rings (SSSR count). The molecule has 1 atom stereocenters. The maximum absolute atomic E-state index is 12.7. The van der Waals surface area contributed by atoms with Crippen LogP contribution in [0.3, 0.4) is 0 Å². The Bertz CT molecular complexity index is 858. The van der Waals surface area contributed by atoms with E-state index in [1.165, 1.54) is 16.6 Å². The molecule has 1 N–H and O–H groups in total. The number of amides is 1. The van der Waals surface area contributed by atoms with Gasteiger partial charge < -0.3 is 5.32 Å². The lowest BCUT2D eigenvalue weighted by molar-refractivity contribution is 0.0939. The summed E-state index contributed by atoms with van der Waals surface area (Å²) < 4.78 is 1.48. The number of carbonyl (C=O) groups is 1. The molecule has 6 nitrogen and oxygen atoms in total. The molecule has 3 aromatic rings. The van der Waals surface area contributed by atoms with Crippen molar-refractivity contribution in [3.8, 4) is 5.69 Å². The zero-order chi connectivity index (χ0) is 17.1. The van der Waals surface area contributed by atoms with Gasteiger partial charge in [0.25, 0.3) is 5.91 Å². The van der Waals surface area contributed by atoms with Crippen LogP contribution in [-0.2, 0) is 0 Å². The van der Waals surface area contributed by atoms with Gasteiger partial charge >= 0.3 is 0 Å². The van der Waals surface area contributed by atoms with Crippen LogP contribution in [0.15, 0.2) is 48.8 Å². The lowest BCUT2D eigenvalue weighted by atomic mass is 9.99. The van der Waals surface area contributed by atoms with Crippen LogP contribution >= 0.6 is 0 Å². The van der Waals surface area contributed by atoms with E-state index in [9.17, 15) is 4.79 Å². The van der Waals surface area contributed by atoms with Gasteiger partial charge in [0.05, 0.1) is 17.3 Å². The fourth-order valence-electron chi connectivity index (χ4n) is 2.72. The highest BCUT2D eigenvalue weighted by atomic mass is 16.1. The van der Waals surface area contributed by atoms with Gasteiger partial charge in [0.1, 0.15) is 6.33 Å². The Kier molecular flexibility index (Phi) is 4.37. The topological polar surface area (TPSA) is 72.7 Å². The van der Waals surface area contributed by atoms with Crippen molar-refractivity contribution in [3.63, 3.8) is 0 Å². The van der Waals surface area contributed by atoms with Crippen LogP contribution in [0.1, 0.15) is 40.0 Å². The minimum absolute atomic E-state index is 0.0978. The van der Waals surface area contributed by atoms with Gasteiger partial charge in [-0.2, -0.15) is 4.68 Å². The molecule has 0 aliphatic heterocycles. The molecule has 1 heterocycles. The molecule has 0 spiro atoms. The third kappa shape index (κ3) is 3.17. The highest BCUT2D eigenvalue weighted by Gasteiger charge is 2.17.